The molecule has 0 atom stereocenters. The Bertz CT molecular complexity index is 538. The lowest BCUT2D eigenvalue weighted by atomic mass is 10.0. The Morgan fingerprint density at radius 2 is 1.63 bits per heavy atom. The zero-order valence-electron chi connectivity index (χ0n) is 11.3. The summed E-state index contributed by atoms with van der Waals surface area (Å²) in [4.78, 5) is 12.1. The van der Waals surface area contributed by atoms with Crippen LogP contribution in [-0.2, 0) is 6.42 Å². The molecule has 19 heavy (non-hydrogen) atoms. The van der Waals surface area contributed by atoms with Crippen LogP contribution in [0.5, 0.6) is 5.75 Å². The van der Waals surface area contributed by atoms with Crippen molar-refractivity contribution in [2.45, 2.75) is 20.3 Å². The third kappa shape index (κ3) is 3.68. The number of hydrogen-bond donors (Lipinski definition) is 0. The molecule has 2 heteroatoms. The summed E-state index contributed by atoms with van der Waals surface area (Å²) in [7, 11) is 0. The van der Waals surface area contributed by atoms with Crippen LogP contribution in [0.15, 0.2) is 48.5 Å². The average Bonchev–Trinajstić information content (AvgIpc) is 2.42. The number of benzene rings is 2. The van der Waals surface area contributed by atoms with Crippen LogP contribution in [0.25, 0.3) is 0 Å². The van der Waals surface area contributed by atoms with E-state index in [0.29, 0.717) is 13.0 Å². The maximum atomic E-state index is 12.1. The molecular weight excluding hydrogens is 236 g/mol. The molecule has 0 unspecified atom stereocenters. The predicted molar refractivity (Wildman–Crippen MR) is 76.8 cm³/mol. The summed E-state index contributed by atoms with van der Waals surface area (Å²) in [5.41, 5.74) is 2.98. The molecule has 0 radical (unpaired) electrons. The van der Waals surface area contributed by atoms with Crippen molar-refractivity contribution in [3.05, 3.63) is 65.2 Å². The fraction of sp³-hybridized carbons (Fsp3) is 0.235. The maximum Gasteiger partial charge on any atom is 0.167 e. The van der Waals surface area contributed by atoms with E-state index < -0.39 is 0 Å². The first-order valence-electron chi connectivity index (χ1n) is 6.50. The Balaban J connectivity index is 2.05. The number of carbonyl (C=O) groups is 1. The molecule has 0 saturated carbocycles. The third-order valence-corrected chi connectivity index (χ3v) is 2.97. The molecule has 2 aromatic carbocycles. The standard InChI is InChI=1S/C17H18O2/c1-3-19-16-10-8-15(9-11-16)17(18)12-14-6-4-13(2)5-7-14/h4-11H,3,12H2,1-2H3. The predicted octanol–water partition coefficient (Wildman–Crippen LogP) is 3.82. The van der Waals surface area contributed by atoms with Crippen molar-refractivity contribution in [3.8, 4) is 5.75 Å². The molecule has 2 aromatic rings. The lowest BCUT2D eigenvalue weighted by molar-refractivity contribution is 0.0993. The number of ether oxygens (including phenoxy) is 1. The van der Waals surface area contributed by atoms with E-state index in [-0.39, 0.29) is 5.78 Å². The Labute approximate surface area is 114 Å². The number of Topliss-reactive ketones (excluding diaryl/α,β-unsaturated/α-hetero) is 1. The molecule has 0 N–H and O–H groups in total. The zero-order chi connectivity index (χ0) is 13.7. The van der Waals surface area contributed by atoms with Crippen molar-refractivity contribution in [3.63, 3.8) is 0 Å². The van der Waals surface area contributed by atoms with E-state index in [1.165, 1.54) is 5.56 Å². The quantitative estimate of drug-likeness (QED) is 0.758. The van der Waals surface area contributed by atoms with E-state index in [4.69, 9.17) is 4.74 Å². The molecule has 0 aliphatic heterocycles. The first-order valence-corrected chi connectivity index (χ1v) is 6.50. The van der Waals surface area contributed by atoms with Crippen LogP contribution in [0.4, 0.5) is 0 Å². The molecular formula is C17H18O2. The van der Waals surface area contributed by atoms with Crippen molar-refractivity contribution in [2.75, 3.05) is 6.61 Å². The second kappa shape index (κ2) is 6.19. The average molecular weight is 254 g/mol. The van der Waals surface area contributed by atoms with Gasteiger partial charge in [-0.25, -0.2) is 0 Å². The van der Waals surface area contributed by atoms with Gasteiger partial charge in [0.2, 0.25) is 0 Å². The zero-order valence-corrected chi connectivity index (χ0v) is 11.3. The number of carbonyl (C=O) groups excluding carboxylic acids is 1. The molecule has 0 fully saturated rings. The van der Waals surface area contributed by atoms with Crippen LogP contribution in [0.3, 0.4) is 0 Å². The second-order valence-corrected chi connectivity index (χ2v) is 4.54. The summed E-state index contributed by atoms with van der Waals surface area (Å²) in [6, 6.07) is 15.4. The molecule has 0 aliphatic rings. The van der Waals surface area contributed by atoms with E-state index in [1.54, 1.807) is 0 Å². The van der Waals surface area contributed by atoms with Gasteiger partial charge < -0.3 is 4.74 Å². The smallest absolute Gasteiger partial charge is 0.167 e. The highest BCUT2D eigenvalue weighted by Crippen LogP contribution is 2.14. The minimum atomic E-state index is 0.131. The molecule has 0 aliphatic carbocycles. The molecule has 0 bridgehead atoms. The summed E-state index contributed by atoms with van der Waals surface area (Å²) in [6.07, 6.45) is 0.439. The van der Waals surface area contributed by atoms with Crippen LogP contribution in [-0.4, -0.2) is 12.4 Å². The molecule has 2 rings (SSSR count). The summed E-state index contributed by atoms with van der Waals surface area (Å²) in [6.45, 7) is 4.62. The van der Waals surface area contributed by atoms with Crippen molar-refractivity contribution in [1.82, 2.24) is 0 Å². The van der Waals surface area contributed by atoms with Gasteiger partial charge in [0.05, 0.1) is 6.61 Å². The largest absolute Gasteiger partial charge is 0.494 e. The van der Waals surface area contributed by atoms with Gasteiger partial charge in [-0.05, 0) is 43.7 Å². The van der Waals surface area contributed by atoms with Crippen LogP contribution >= 0.6 is 0 Å². The molecule has 0 saturated heterocycles. The molecule has 2 nitrogen and oxygen atoms in total. The fourth-order valence-electron chi connectivity index (χ4n) is 1.90. The van der Waals surface area contributed by atoms with Gasteiger partial charge in [-0.1, -0.05) is 29.8 Å². The van der Waals surface area contributed by atoms with Crippen LogP contribution in [0.2, 0.25) is 0 Å². The van der Waals surface area contributed by atoms with Crippen molar-refractivity contribution in [1.29, 1.82) is 0 Å². The highest BCUT2D eigenvalue weighted by molar-refractivity contribution is 5.97. The highest BCUT2D eigenvalue weighted by Gasteiger charge is 2.07. The van der Waals surface area contributed by atoms with E-state index in [9.17, 15) is 4.79 Å². The molecule has 0 amide bonds. The van der Waals surface area contributed by atoms with E-state index in [0.717, 1.165) is 16.9 Å². The van der Waals surface area contributed by atoms with Crippen LogP contribution in [0, 0.1) is 6.92 Å². The Kier molecular flexibility index (Phi) is 4.35. The van der Waals surface area contributed by atoms with Gasteiger partial charge in [-0.2, -0.15) is 0 Å². The Morgan fingerprint density at radius 1 is 1.00 bits per heavy atom. The monoisotopic (exact) mass is 254 g/mol. The minimum Gasteiger partial charge on any atom is -0.494 e. The van der Waals surface area contributed by atoms with Crippen molar-refractivity contribution in [2.24, 2.45) is 0 Å². The van der Waals surface area contributed by atoms with Gasteiger partial charge in [0.25, 0.3) is 0 Å². The van der Waals surface area contributed by atoms with Crippen molar-refractivity contribution >= 4 is 5.78 Å². The van der Waals surface area contributed by atoms with Gasteiger partial charge in [0.1, 0.15) is 5.75 Å². The van der Waals surface area contributed by atoms with Gasteiger partial charge in [0.15, 0.2) is 5.78 Å². The SMILES string of the molecule is CCOc1ccc(C(=O)Cc2ccc(C)cc2)cc1. The number of ketones is 1. The van der Waals surface area contributed by atoms with Gasteiger partial charge >= 0.3 is 0 Å². The topological polar surface area (TPSA) is 26.3 Å². The van der Waals surface area contributed by atoms with Gasteiger partial charge in [0, 0.05) is 12.0 Å². The fourth-order valence-corrected chi connectivity index (χ4v) is 1.90. The highest BCUT2D eigenvalue weighted by atomic mass is 16.5. The first kappa shape index (κ1) is 13.3. The molecule has 0 spiro atoms. The van der Waals surface area contributed by atoms with Crippen LogP contribution in [0.1, 0.15) is 28.4 Å². The van der Waals surface area contributed by atoms with Gasteiger partial charge in [-0.3, -0.25) is 4.79 Å². The number of hydrogen-bond acceptors (Lipinski definition) is 2. The summed E-state index contributed by atoms with van der Waals surface area (Å²) < 4.78 is 5.36. The second-order valence-electron chi connectivity index (χ2n) is 4.54. The van der Waals surface area contributed by atoms with E-state index >= 15 is 0 Å². The lowest BCUT2D eigenvalue weighted by Gasteiger charge is -2.05. The van der Waals surface area contributed by atoms with Crippen LogP contribution < -0.4 is 4.74 Å². The summed E-state index contributed by atoms with van der Waals surface area (Å²) in [5.74, 6) is 0.932. The normalized spacial score (nSPS) is 10.2. The summed E-state index contributed by atoms with van der Waals surface area (Å²) >= 11 is 0. The first-order chi connectivity index (χ1) is 9.19. The number of rotatable bonds is 5. The van der Waals surface area contributed by atoms with E-state index in [1.807, 2.05) is 62.4 Å². The van der Waals surface area contributed by atoms with Gasteiger partial charge in [-0.15, -0.1) is 0 Å². The molecule has 98 valence electrons. The van der Waals surface area contributed by atoms with Crippen molar-refractivity contribution < 1.29 is 9.53 Å². The maximum absolute atomic E-state index is 12.1. The summed E-state index contributed by atoms with van der Waals surface area (Å²) in [5, 5.41) is 0. The Morgan fingerprint density at radius 3 is 2.21 bits per heavy atom. The van der Waals surface area contributed by atoms with E-state index in [2.05, 4.69) is 0 Å². The minimum absolute atomic E-state index is 0.131. The Hall–Kier alpha value is -2.09. The third-order valence-electron chi connectivity index (χ3n) is 2.97. The number of aryl methyl sites for hydroxylation is 1. The molecule has 0 heterocycles. The molecule has 0 aromatic heterocycles. The lowest BCUT2D eigenvalue weighted by Crippen LogP contribution is -2.03.